The molecule has 1 fully saturated rings. The molecule has 3 atom stereocenters. The van der Waals surface area contributed by atoms with E-state index < -0.39 is 17.9 Å². The van der Waals surface area contributed by atoms with E-state index in [2.05, 4.69) is 20.2 Å². The number of benzene rings is 1. The third-order valence-corrected chi connectivity index (χ3v) is 6.65. The second-order valence-electron chi connectivity index (χ2n) is 8.99. The molecule has 2 amide bonds. The van der Waals surface area contributed by atoms with Crippen molar-refractivity contribution >= 4 is 28.6 Å². The minimum absolute atomic E-state index is 0.149. The van der Waals surface area contributed by atoms with Crippen molar-refractivity contribution in [1.29, 1.82) is 0 Å². The van der Waals surface area contributed by atoms with E-state index in [9.17, 15) is 18.8 Å². The summed E-state index contributed by atoms with van der Waals surface area (Å²) in [7, 11) is 0. The van der Waals surface area contributed by atoms with Gasteiger partial charge in [0.15, 0.2) is 6.23 Å². The summed E-state index contributed by atoms with van der Waals surface area (Å²) in [6.45, 7) is 7.20. The van der Waals surface area contributed by atoms with E-state index >= 15 is 0 Å². The molecule has 3 aromatic rings. The molecule has 0 spiro atoms. The Morgan fingerprint density at radius 2 is 2.00 bits per heavy atom. The molecule has 9 nitrogen and oxygen atoms in total. The van der Waals surface area contributed by atoms with Gasteiger partial charge in [-0.15, -0.1) is 0 Å². The molecule has 0 saturated carbocycles. The molecule has 1 saturated heterocycles. The third kappa shape index (κ3) is 3.93. The van der Waals surface area contributed by atoms with Crippen LogP contribution in [0.5, 0.6) is 5.88 Å². The van der Waals surface area contributed by atoms with Crippen molar-refractivity contribution in [1.82, 2.24) is 25.1 Å². The molecular weight excluding hydrogens is 453 g/mol. The fraction of sp³-hybridized carbons (Fsp3) is 0.360. The van der Waals surface area contributed by atoms with Crippen LogP contribution in [0.15, 0.2) is 36.5 Å². The summed E-state index contributed by atoms with van der Waals surface area (Å²) in [5, 5.41) is 2.89. The van der Waals surface area contributed by atoms with Gasteiger partial charge in [0, 0.05) is 37.3 Å². The van der Waals surface area contributed by atoms with Gasteiger partial charge in [0.1, 0.15) is 17.0 Å². The molecule has 2 aliphatic rings. The van der Waals surface area contributed by atoms with Gasteiger partial charge >= 0.3 is 0 Å². The molecule has 2 N–H and O–H groups in total. The summed E-state index contributed by atoms with van der Waals surface area (Å²) >= 11 is 0. The first kappa shape index (κ1) is 23.0. The van der Waals surface area contributed by atoms with Crippen molar-refractivity contribution in [2.75, 3.05) is 13.1 Å². The van der Waals surface area contributed by atoms with Gasteiger partial charge in [-0.25, -0.2) is 4.39 Å². The minimum Gasteiger partial charge on any atom is -0.451 e. The number of halogens is 1. The predicted molar refractivity (Wildman–Crippen MR) is 125 cm³/mol. The summed E-state index contributed by atoms with van der Waals surface area (Å²) in [5.41, 5.74) is 1.74. The van der Waals surface area contributed by atoms with Crippen LogP contribution < -0.4 is 10.1 Å². The van der Waals surface area contributed by atoms with Gasteiger partial charge in [-0.05, 0) is 44.5 Å². The number of carbonyl (C=O) groups excluding carboxylic acids is 3. The summed E-state index contributed by atoms with van der Waals surface area (Å²) in [6, 6.07) is 7.65. The van der Waals surface area contributed by atoms with Crippen molar-refractivity contribution in [3.8, 4) is 5.88 Å². The average molecular weight is 480 g/mol. The van der Waals surface area contributed by atoms with Crippen molar-refractivity contribution in [2.45, 2.75) is 45.6 Å². The number of hydrogen-bond acceptors (Lipinski definition) is 6. The number of fused-ring (bicyclic) bond motifs is 3. The van der Waals surface area contributed by atoms with Gasteiger partial charge in [-0.2, -0.15) is 4.98 Å². The van der Waals surface area contributed by atoms with Gasteiger partial charge in [0.25, 0.3) is 17.6 Å². The van der Waals surface area contributed by atoms with Crippen LogP contribution in [-0.4, -0.2) is 68.8 Å². The summed E-state index contributed by atoms with van der Waals surface area (Å²) in [6.07, 6.45) is 0.865. The summed E-state index contributed by atoms with van der Waals surface area (Å²) < 4.78 is 19.6. The monoisotopic (exact) mass is 479 g/mol. The van der Waals surface area contributed by atoms with E-state index in [-0.39, 0.29) is 40.8 Å². The van der Waals surface area contributed by atoms with Crippen molar-refractivity contribution in [3.63, 3.8) is 0 Å². The summed E-state index contributed by atoms with van der Waals surface area (Å²) in [5.74, 6) is -1.74. The van der Waals surface area contributed by atoms with E-state index in [0.29, 0.717) is 30.7 Å². The molecule has 1 aromatic carbocycles. The van der Waals surface area contributed by atoms with Crippen LogP contribution in [0.3, 0.4) is 0 Å². The smallest absolute Gasteiger partial charge is 0.292 e. The Kier molecular flexibility index (Phi) is 5.76. The first-order valence-electron chi connectivity index (χ1n) is 11.6. The number of ether oxygens (including phenoxy) is 1. The molecular formula is C25H26FN5O4. The topological polar surface area (TPSA) is 108 Å². The Morgan fingerprint density at radius 3 is 2.71 bits per heavy atom. The van der Waals surface area contributed by atoms with Crippen LogP contribution in [0.2, 0.25) is 0 Å². The number of carbonyl (C=O) groups is 3. The number of ketones is 1. The molecule has 2 aliphatic heterocycles. The number of H-pyrrole nitrogens is 1. The lowest BCUT2D eigenvalue weighted by Crippen LogP contribution is -2.66. The van der Waals surface area contributed by atoms with E-state index in [1.54, 1.807) is 30.0 Å². The second kappa shape index (κ2) is 8.77. The molecule has 2 aromatic heterocycles. The highest BCUT2D eigenvalue weighted by Gasteiger charge is 2.46. The van der Waals surface area contributed by atoms with Crippen molar-refractivity contribution in [2.24, 2.45) is 0 Å². The first-order valence-corrected chi connectivity index (χ1v) is 11.6. The second-order valence-corrected chi connectivity index (χ2v) is 8.99. The number of likely N-dealkylation sites (N-methyl/N-ethyl adjacent to an activating group) is 1. The Labute approximate surface area is 201 Å². The fourth-order valence-electron chi connectivity index (χ4n) is 4.84. The highest BCUT2D eigenvalue weighted by molar-refractivity contribution is 6.44. The Bertz CT molecular complexity index is 1320. The van der Waals surface area contributed by atoms with Crippen molar-refractivity contribution < 1.29 is 23.5 Å². The number of nitrogens with one attached hydrogen (secondary N) is 2. The van der Waals surface area contributed by atoms with E-state index in [1.165, 1.54) is 18.3 Å². The normalized spacial score (nSPS) is 21.9. The number of piperazine rings is 1. The van der Waals surface area contributed by atoms with E-state index in [1.807, 2.05) is 13.8 Å². The largest absolute Gasteiger partial charge is 0.451 e. The number of aromatic nitrogens is 2. The molecule has 1 unspecified atom stereocenters. The lowest BCUT2D eigenvalue weighted by Gasteiger charge is -2.50. The van der Waals surface area contributed by atoms with Gasteiger partial charge < -0.3 is 15.0 Å². The van der Waals surface area contributed by atoms with E-state index in [0.717, 1.165) is 5.56 Å². The van der Waals surface area contributed by atoms with Crippen LogP contribution >= 0.6 is 0 Å². The van der Waals surface area contributed by atoms with Gasteiger partial charge in [-0.1, -0.05) is 12.1 Å². The number of aromatic amines is 1. The minimum atomic E-state index is -0.714. The predicted octanol–water partition coefficient (Wildman–Crippen LogP) is 2.47. The van der Waals surface area contributed by atoms with Gasteiger partial charge in [0.05, 0.1) is 11.6 Å². The van der Waals surface area contributed by atoms with E-state index in [4.69, 9.17) is 4.74 Å². The van der Waals surface area contributed by atoms with Crippen LogP contribution in [0.1, 0.15) is 47.1 Å². The molecule has 10 heteroatoms. The molecule has 0 aliphatic carbocycles. The molecule has 5 rings (SSSR count). The number of amides is 2. The van der Waals surface area contributed by atoms with Gasteiger partial charge in [0.2, 0.25) is 5.88 Å². The number of nitrogens with zero attached hydrogens (tertiary/aromatic N) is 3. The SMILES string of the molecule is CCNC(=O)C(=O)c1c[nH]c2nc3c(cc12)C(=O)N1C(O3)[C@H](C)N(Cc2ccc(F)cc2)C[C@H]1C. The molecule has 0 radical (unpaired) electrons. The maximum atomic E-state index is 13.6. The molecule has 4 heterocycles. The van der Waals surface area contributed by atoms with Crippen LogP contribution in [0.25, 0.3) is 11.0 Å². The third-order valence-electron chi connectivity index (χ3n) is 6.65. The zero-order chi connectivity index (χ0) is 24.9. The summed E-state index contributed by atoms with van der Waals surface area (Å²) in [4.78, 5) is 49.5. The highest BCUT2D eigenvalue weighted by Crippen LogP contribution is 2.36. The zero-order valence-electron chi connectivity index (χ0n) is 19.7. The quantitative estimate of drug-likeness (QED) is 0.430. The number of rotatable bonds is 5. The number of Topliss-reactive ketones (excluding diaryl/α,β-unsaturated/α-hetero) is 1. The lowest BCUT2D eigenvalue weighted by atomic mass is 10.0. The highest BCUT2D eigenvalue weighted by atomic mass is 19.1. The van der Waals surface area contributed by atoms with Crippen LogP contribution in [0.4, 0.5) is 4.39 Å². The van der Waals surface area contributed by atoms with Crippen LogP contribution in [0, 0.1) is 5.82 Å². The van der Waals surface area contributed by atoms with Crippen LogP contribution in [-0.2, 0) is 11.3 Å². The Morgan fingerprint density at radius 1 is 1.26 bits per heavy atom. The first-order chi connectivity index (χ1) is 16.8. The van der Waals surface area contributed by atoms with Crippen molar-refractivity contribution in [3.05, 3.63) is 59.0 Å². The zero-order valence-corrected chi connectivity index (χ0v) is 19.7. The standard InChI is InChI=1S/C25H26FN5O4/c1-4-27-22(33)20(32)19-10-28-21-17(19)9-18-23(29-21)35-25-14(3)30(11-13(2)31(25)24(18)34)12-15-5-7-16(26)8-6-15/h5-10,13-14,25H,4,11-12H2,1-3H3,(H,27,33)(H,28,29)/t13-,14+,25?/m1/s1. The lowest BCUT2D eigenvalue weighted by molar-refractivity contribution is -0.116. The molecule has 182 valence electrons. The molecule has 0 bridgehead atoms. The Hall–Kier alpha value is -3.79. The Balaban J connectivity index is 1.46. The number of hydrogen-bond donors (Lipinski definition) is 2. The maximum absolute atomic E-state index is 13.6. The fourth-order valence-corrected chi connectivity index (χ4v) is 4.84. The maximum Gasteiger partial charge on any atom is 0.292 e. The molecule has 35 heavy (non-hydrogen) atoms. The average Bonchev–Trinajstić information content (AvgIpc) is 3.25. The number of pyridine rings is 1. The van der Waals surface area contributed by atoms with Gasteiger partial charge in [-0.3, -0.25) is 24.2 Å².